The molecular formula is C16H27N3O5Si. The van der Waals surface area contributed by atoms with Crippen LogP contribution in [-0.4, -0.2) is 46.0 Å². The minimum atomic E-state index is -2.70. The van der Waals surface area contributed by atoms with Gasteiger partial charge in [0.15, 0.2) is 6.10 Å². The van der Waals surface area contributed by atoms with Gasteiger partial charge in [-0.05, 0) is 11.6 Å². The lowest BCUT2D eigenvalue weighted by Gasteiger charge is -2.55. The standard InChI is InChI=1S/C16H27N3O5Si/c1-15(2,3)25(16(4,5)6)22-10-12-14(24-25)11(7-8-21-12)23-13(20)9-18-19-17/h7-8,11-12,14H,9-10H2,1-6H3/t11-,12-,14+/m1/s1. The SMILES string of the molecule is CC(C)(C)[Si]1(C(C)(C)C)OC[C@H]2OC=C[C@@H](OC(=O)CN=[N+]=[N-])[C@@H]2O1. The first-order valence-corrected chi connectivity index (χ1v) is 10.2. The van der Waals surface area contributed by atoms with Crippen molar-refractivity contribution in [2.45, 2.75) is 69.9 Å². The van der Waals surface area contributed by atoms with Crippen molar-refractivity contribution < 1.29 is 23.1 Å². The van der Waals surface area contributed by atoms with Crippen molar-refractivity contribution in [2.24, 2.45) is 5.11 Å². The smallest absolute Gasteiger partial charge is 0.349 e. The van der Waals surface area contributed by atoms with E-state index in [2.05, 4.69) is 51.6 Å². The Labute approximate surface area is 149 Å². The van der Waals surface area contributed by atoms with Gasteiger partial charge in [0.25, 0.3) is 0 Å². The van der Waals surface area contributed by atoms with Gasteiger partial charge in [0, 0.05) is 15.0 Å². The molecule has 0 N–H and O–H groups in total. The maximum Gasteiger partial charge on any atom is 0.349 e. The molecule has 8 nitrogen and oxygen atoms in total. The molecule has 2 heterocycles. The average molecular weight is 369 g/mol. The zero-order valence-electron chi connectivity index (χ0n) is 15.7. The summed E-state index contributed by atoms with van der Waals surface area (Å²) >= 11 is 0. The first-order chi connectivity index (χ1) is 11.5. The molecule has 2 aliphatic heterocycles. The fourth-order valence-electron chi connectivity index (χ4n) is 3.62. The summed E-state index contributed by atoms with van der Waals surface area (Å²) in [6.45, 7) is 12.7. The van der Waals surface area contributed by atoms with Crippen LogP contribution in [0.5, 0.6) is 0 Å². The number of nitrogens with zero attached hydrogens (tertiary/aromatic N) is 3. The third-order valence-electron chi connectivity index (χ3n) is 4.47. The van der Waals surface area contributed by atoms with Crippen molar-refractivity contribution in [1.29, 1.82) is 0 Å². The number of hydrogen-bond donors (Lipinski definition) is 0. The molecule has 0 bridgehead atoms. The third-order valence-corrected chi connectivity index (χ3v) is 9.60. The predicted molar refractivity (Wildman–Crippen MR) is 93.9 cm³/mol. The van der Waals surface area contributed by atoms with Crippen LogP contribution in [0.1, 0.15) is 41.5 Å². The number of esters is 1. The Morgan fingerprint density at radius 2 is 1.96 bits per heavy atom. The zero-order valence-corrected chi connectivity index (χ0v) is 16.7. The fraction of sp³-hybridized carbons (Fsp3) is 0.812. The van der Waals surface area contributed by atoms with E-state index < -0.39 is 26.7 Å². The molecule has 0 saturated carbocycles. The van der Waals surface area contributed by atoms with E-state index in [1.807, 2.05) is 0 Å². The quantitative estimate of drug-likeness (QED) is 0.249. The zero-order chi connectivity index (χ0) is 18.9. The van der Waals surface area contributed by atoms with E-state index in [-0.39, 0.29) is 22.7 Å². The molecule has 140 valence electrons. The summed E-state index contributed by atoms with van der Waals surface area (Å²) in [5.74, 6) is -0.595. The summed E-state index contributed by atoms with van der Waals surface area (Å²) in [6.07, 6.45) is 1.78. The minimum absolute atomic E-state index is 0.183. The molecule has 9 heteroatoms. The molecule has 0 aromatic rings. The third kappa shape index (κ3) is 3.84. The van der Waals surface area contributed by atoms with E-state index in [4.69, 9.17) is 23.9 Å². The van der Waals surface area contributed by atoms with E-state index in [1.54, 1.807) is 6.08 Å². The monoisotopic (exact) mass is 369 g/mol. The lowest BCUT2D eigenvalue weighted by molar-refractivity contribution is -0.165. The van der Waals surface area contributed by atoms with Crippen molar-refractivity contribution in [3.63, 3.8) is 0 Å². The topological polar surface area (TPSA) is 103 Å². The largest absolute Gasteiger partial charge is 0.493 e. The normalized spacial score (nSPS) is 28.3. The number of ether oxygens (including phenoxy) is 2. The predicted octanol–water partition coefficient (Wildman–Crippen LogP) is 3.58. The minimum Gasteiger partial charge on any atom is -0.493 e. The van der Waals surface area contributed by atoms with Crippen LogP contribution in [0.3, 0.4) is 0 Å². The lowest BCUT2D eigenvalue weighted by Crippen LogP contribution is -2.67. The highest BCUT2D eigenvalue weighted by Gasteiger charge is 2.63. The first-order valence-electron chi connectivity index (χ1n) is 8.36. The Morgan fingerprint density at radius 1 is 1.32 bits per heavy atom. The van der Waals surface area contributed by atoms with Crippen molar-refractivity contribution in [3.05, 3.63) is 22.8 Å². The Bertz CT molecular complexity index is 576. The second kappa shape index (κ2) is 6.99. The van der Waals surface area contributed by atoms with Gasteiger partial charge in [-0.15, -0.1) is 0 Å². The van der Waals surface area contributed by atoms with Crippen molar-refractivity contribution >= 4 is 14.5 Å². The molecule has 2 aliphatic rings. The van der Waals surface area contributed by atoms with Crippen LogP contribution in [0.25, 0.3) is 10.4 Å². The van der Waals surface area contributed by atoms with E-state index >= 15 is 0 Å². The van der Waals surface area contributed by atoms with Gasteiger partial charge in [-0.25, -0.2) is 0 Å². The highest BCUT2D eigenvalue weighted by atomic mass is 28.4. The molecule has 0 aliphatic carbocycles. The molecule has 0 aromatic heterocycles. The molecule has 0 amide bonds. The molecule has 0 unspecified atom stereocenters. The Hall–Kier alpha value is -1.54. The summed E-state index contributed by atoms with van der Waals surface area (Å²) in [6, 6.07) is 0. The van der Waals surface area contributed by atoms with Gasteiger partial charge in [-0.3, -0.25) is 4.79 Å². The van der Waals surface area contributed by atoms with Crippen molar-refractivity contribution in [1.82, 2.24) is 0 Å². The number of rotatable bonds is 3. The maximum atomic E-state index is 11.9. The van der Waals surface area contributed by atoms with Gasteiger partial charge in [0.05, 0.1) is 12.9 Å². The molecular weight excluding hydrogens is 342 g/mol. The molecule has 1 saturated heterocycles. The second-order valence-corrected chi connectivity index (χ2v) is 13.1. The Kier molecular flexibility index (Phi) is 5.53. The molecule has 1 fully saturated rings. The van der Waals surface area contributed by atoms with Crippen LogP contribution in [0.2, 0.25) is 10.1 Å². The van der Waals surface area contributed by atoms with Crippen LogP contribution >= 0.6 is 0 Å². The van der Waals surface area contributed by atoms with Crippen molar-refractivity contribution in [2.75, 3.05) is 13.2 Å². The molecule has 0 spiro atoms. The number of fused-ring (bicyclic) bond motifs is 1. The summed E-state index contributed by atoms with van der Waals surface area (Å²) in [4.78, 5) is 14.4. The van der Waals surface area contributed by atoms with Crippen molar-refractivity contribution in [3.8, 4) is 0 Å². The second-order valence-electron chi connectivity index (χ2n) is 8.36. The van der Waals surface area contributed by atoms with Gasteiger partial charge >= 0.3 is 14.5 Å². The fourth-order valence-corrected chi connectivity index (χ4v) is 8.58. The average Bonchev–Trinajstić information content (AvgIpc) is 2.50. The summed E-state index contributed by atoms with van der Waals surface area (Å²) in [5.41, 5.74) is 8.34. The van der Waals surface area contributed by atoms with Crippen LogP contribution < -0.4 is 0 Å². The summed E-state index contributed by atoms with van der Waals surface area (Å²) in [7, 11) is -2.70. The molecule has 25 heavy (non-hydrogen) atoms. The highest BCUT2D eigenvalue weighted by Crippen LogP contribution is 2.54. The van der Waals surface area contributed by atoms with Gasteiger partial charge in [-0.1, -0.05) is 46.7 Å². The van der Waals surface area contributed by atoms with E-state index in [0.29, 0.717) is 6.61 Å². The number of carbonyl (C=O) groups excluding carboxylic acids is 1. The van der Waals surface area contributed by atoms with E-state index in [1.165, 1.54) is 6.26 Å². The first kappa shape index (κ1) is 19.8. The molecule has 2 rings (SSSR count). The van der Waals surface area contributed by atoms with Gasteiger partial charge in [0.1, 0.15) is 18.8 Å². The molecule has 0 aromatic carbocycles. The van der Waals surface area contributed by atoms with Crippen LogP contribution in [0, 0.1) is 0 Å². The Balaban J connectivity index is 2.27. The van der Waals surface area contributed by atoms with Crippen LogP contribution in [-0.2, 0) is 23.1 Å². The molecule has 0 radical (unpaired) electrons. The summed E-state index contributed by atoms with van der Waals surface area (Å²) in [5, 5.41) is 2.88. The van der Waals surface area contributed by atoms with Gasteiger partial charge < -0.3 is 18.3 Å². The summed E-state index contributed by atoms with van der Waals surface area (Å²) < 4.78 is 24.0. The maximum absolute atomic E-state index is 11.9. The van der Waals surface area contributed by atoms with Crippen LogP contribution in [0.4, 0.5) is 0 Å². The van der Waals surface area contributed by atoms with Gasteiger partial charge in [0.2, 0.25) is 0 Å². The number of carbonyl (C=O) groups is 1. The number of azide groups is 1. The van der Waals surface area contributed by atoms with Crippen LogP contribution in [0.15, 0.2) is 17.5 Å². The number of hydrogen-bond acceptors (Lipinski definition) is 6. The lowest BCUT2D eigenvalue weighted by atomic mass is 10.1. The highest BCUT2D eigenvalue weighted by molar-refractivity contribution is 6.73. The van der Waals surface area contributed by atoms with Gasteiger partial charge in [-0.2, -0.15) is 0 Å². The van der Waals surface area contributed by atoms with E-state index in [9.17, 15) is 4.79 Å². The van der Waals surface area contributed by atoms with E-state index in [0.717, 1.165) is 0 Å². The Morgan fingerprint density at radius 3 is 2.52 bits per heavy atom. The molecule has 3 atom stereocenters.